The minimum atomic E-state index is -0.214. The molecule has 152 valence electrons. The molecule has 0 aliphatic heterocycles. The predicted octanol–water partition coefficient (Wildman–Crippen LogP) is 5.45. The van der Waals surface area contributed by atoms with Crippen LogP contribution in [0.2, 0.25) is 0 Å². The minimum Gasteiger partial charge on any atom is -0.497 e. The monoisotopic (exact) mass is 392 g/mol. The first-order chi connectivity index (χ1) is 13.7. The molecule has 0 aliphatic carbocycles. The lowest BCUT2D eigenvalue weighted by Crippen LogP contribution is -2.27. The molecule has 2 aromatic carbocycles. The molecule has 3 rings (SSSR count). The van der Waals surface area contributed by atoms with E-state index < -0.39 is 0 Å². The Morgan fingerprint density at radius 2 is 1.83 bits per heavy atom. The fourth-order valence-corrected chi connectivity index (χ4v) is 3.22. The zero-order valence-corrected chi connectivity index (χ0v) is 17.9. The van der Waals surface area contributed by atoms with Gasteiger partial charge >= 0.3 is 0 Å². The van der Waals surface area contributed by atoms with Gasteiger partial charge in [-0.25, -0.2) is 0 Å². The molecular formula is C24H28N2O3. The maximum absolute atomic E-state index is 13.0. The van der Waals surface area contributed by atoms with E-state index in [0.717, 1.165) is 16.9 Å². The van der Waals surface area contributed by atoms with E-state index in [2.05, 4.69) is 43.4 Å². The van der Waals surface area contributed by atoms with Gasteiger partial charge in [0.1, 0.15) is 11.3 Å². The summed E-state index contributed by atoms with van der Waals surface area (Å²) < 4.78 is 10.8. The molecule has 1 heterocycles. The SMILES string of the molecule is COc1cccc([C@@H](C)NC(=O)c2c(C)noc2-c2ccc(C(C)(C)C)cc2)c1. The molecule has 0 spiro atoms. The highest BCUT2D eigenvalue weighted by Gasteiger charge is 2.24. The normalized spacial score (nSPS) is 12.5. The van der Waals surface area contributed by atoms with Gasteiger partial charge in [-0.3, -0.25) is 4.79 Å². The summed E-state index contributed by atoms with van der Waals surface area (Å²) in [5, 5.41) is 7.08. The molecule has 1 atom stereocenters. The first-order valence-electron chi connectivity index (χ1n) is 9.72. The zero-order valence-electron chi connectivity index (χ0n) is 17.9. The maximum Gasteiger partial charge on any atom is 0.257 e. The van der Waals surface area contributed by atoms with E-state index in [4.69, 9.17) is 9.26 Å². The van der Waals surface area contributed by atoms with Crippen LogP contribution in [0.3, 0.4) is 0 Å². The van der Waals surface area contributed by atoms with Crippen molar-refractivity contribution in [3.05, 3.63) is 70.9 Å². The first-order valence-corrected chi connectivity index (χ1v) is 9.72. The summed E-state index contributed by atoms with van der Waals surface area (Å²) in [5.74, 6) is 1.02. The number of nitrogens with one attached hydrogen (secondary N) is 1. The summed E-state index contributed by atoms with van der Waals surface area (Å²) in [6.07, 6.45) is 0. The van der Waals surface area contributed by atoms with E-state index in [9.17, 15) is 4.79 Å². The molecule has 0 bridgehead atoms. The standard InChI is InChI=1S/C24H28N2O3/c1-15(18-8-7-9-20(14-18)28-6)25-23(27)21-16(2)26-29-22(21)17-10-12-19(13-11-17)24(3,4)5/h7-15H,1-6H3,(H,25,27)/t15-/m1/s1. The number of nitrogens with zero attached hydrogens (tertiary/aromatic N) is 1. The van der Waals surface area contributed by atoms with Crippen molar-refractivity contribution in [2.24, 2.45) is 0 Å². The van der Waals surface area contributed by atoms with E-state index >= 15 is 0 Å². The number of methoxy groups -OCH3 is 1. The van der Waals surface area contributed by atoms with Crippen LogP contribution >= 0.6 is 0 Å². The average molecular weight is 392 g/mol. The van der Waals surface area contributed by atoms with Gasteiger partial charge in [0.2, 0.25) is 0 Å². The topological polar surface area (TPSA) is 64.4 Å². The summed E-state index contributed by atoms with van der Waals surface area (Å²) in [4.78, 5) is 13.0. The van der Waals surface area contributed by atoms with Crippen molar-refractivity contribution >= 4 is 5.91 Å². The molecule has 3 aromatic rings. The van der Waals surface area contributed by atoms with Gasteiger partial charge < -0.3 is 14.6 Å². The molecule has 29 heavy (non-hydrogen) atoms. The van der Waals surface area contributed by atoms with Crippen molar-refractivity contribution in [3.8, 4) is 17.1 Å². The minimum absolute atomic E-state index is 0.0578. The number of carbonyl (C=O) groups is 1. The summed E-state index contributed by atoms with van der Waals surface area (Å²) >= 11 is 0. The number of hydrogen-bond donors (Lipinski definition) is 1. The van der Waals surface area contributed by atoms with Crippen LogP contribution in [0.4, 0.5) is 0 Å². The van der Waals surface area contributed by atoms with E-state index in [1.54, 1.807) is 14.0 Å². The van der Waals surface area contributed by atoms with Crippen molar-refractivity contribution in [2.75, 3.05) is 7.11 Å². The Morgan fingerprint density at radius 1 is 1.14 bits per heavy atom. The third-order valence-electron chi connectivity index (χ3n) is 5.04. The molecular weight excluding hydrogens is 364 g/mol. The number of hydrogen-bond acceptors (Lipinski definition) is 4. The second kappa shape index (κ2) is 8.11. The van der Waals surface area contributed by atoms with E-state index in [1.807, 2.05) is 43.3 Å². The largest absolute Gasteiger partial charge is 0.497 e. The molecule has 0 saturated heterocycles. The molecule has 0 radical (unpaired) electrons. The second-order valence-corrected chi connectivity index (χ2v) is 8.27. The van der Waals surface area contributed by atoms with Crippen LogP contribution in [0, 0.1) is 6.92 Å². The number of aromatic nitrogens is 1. The number of amides is 1. The molecule has 1 N–H and O–H groups in total. The second-order valence-electron chi connectivity index (χ2n) is 8.27. The Morgan fingerprint density at radius 3 is 2.45 bits per heavy atom. The molecule has 1 aromatic heterocycles. The van der Waals surface area contributed by atoms with Gasteiger partial charge in [-0.05, 0) is 42.5 Å². The maximum atomic E-state index is 13.0. The fraction of sp³-hybridized carbons (Fsp3) is 0.333. The molecule has 1 amide bonds. The molecule has 5 nitrogen and oxygen atoms in total. The first kappa shape index (κ1) is 20.6. The van der Waals surface area contributed by atoms with Gasteiger partial charge in [-0.1, -0.05) is 62.3 Å². The van der Waals surface area contributed by atoms with E-state index in [1.165, 1.54) is 5.56 Å². The average Bonchev–Trinajstić information content (AvgIpc) is 3.09. The van der Waals surface area contributed by atoms with E-state index in [-0.39, 0.29) is 17.4 Å². The summed E-state index contributed by atoms with van der Waals surface area (Å²) in [6, 6.07) is 15.5. The summed E-state index contributed by atoms with van der Waals surface area (Å²) in [5.41, 5.74) is 4.09. The summed E-state index contributed by atoms with van der Waals surface area (Å²) in [7, 11) is 1.63. The van der Waals surface area contributed by atoms with Gasteiger partial charge in [-0.2, -0.15) is 0 Å². The third kappa shape index (κ3) is 4.50. The number of rotatable bonds is 5. The predicted molar refractivity (Wildman–Crippen MR) is 114 cm³/mol. The van der Waals surface area contributed by atoms with Crippen molar-refractivity contribution in [3.63, 3.8) is 0 Å². The number of carbonyl (C=O) groups excluding carboxylic acids is 1. The van der Waals surface area contributed by atoms with Crippen LogP contribution in [0.1, 0.15) is 60.9 Å². The highest BCUT2D eigenvalue weighted by Crippen LogP contribution is 2.30. The highest BCUT2D eigenvalue weighted by atomic mass is 16.5. The molecule has 5 heteroatoms. The van der Waals surface area contributed by atoms with E-state index in [0.29, 0.717) is 17.0 Å². The Hall–Kier alpha value is -3.08. The van der Waals surface area contributed by atoms with Gasteiger partial charge in [0.05, 0.1) is 18.8 Å². The smallest absolute Gasteiger partial charge is 0.257 e. The Kier molecular flexibility index (Phi) is 5.78. The highest BCUT2D eigenvalue weighted by molar-refractivity contribution is 6.00. The lowest BCUT2D eigenvalue weighted by atomic mass is 9.86. The van der Waals surface area contributed by atoms with Crippen molar-refractivity contribution in [1.29, 1.82) is 0 Å². The lowest BCUT2D eigenvalue weighted by Gasteiger charge is -2.19. The molecule has 0 saturated carbocycles. The molecule has 0 unspecified atom stereocenters. The number of ether oxygens (including phenoxy) is 1. The van der Waals surface area contributed by atoms with Crippen molar-refractivity contribution in [1.82, 2.24) is 10.5 Å². The summed E-state index contributed by atoms with van der Waals surface area (Å²) in [6.45, 7) is 10.2. The van der Waals surface area contributed by atoms with Crippen LogP contribution < -0.4 is 10.1 Å². The lowest BCUT2D eigenvalue weighted by molar-refractivity contribution is 0.0939. The quantitative estimate of drug-likeness (QED) is 0.627. The Bertz CT molecular complexity index is 998. The molecule has 0 aliphatic rings. The van der Waals surface area contributed by atoms with Crippen molar-refractivity contribution < 1.29 is 14.1 Å². The van der Waals surface area contributed by atoms with Crippen LogP contribution in [0.25, 0.3) is 11.3 Å². The van der Waals surface area contributed by atoms with Gasteiger partial charge in [-0.15, -0.1) is 0 Å². The van der Waals surface area contributed by atoms with Gasteiger partial charge in [0.15, 0.2) is 5.76 Å². The zero-order chi connectivity index (χ0) is 21.2. The Balaban J connectivity index is 1.86. The number of aryl methyl sites for hydroxylation is 1. The van der Waals surface area contributed by atoms with Crippen LogP contribution in [-0.2, 0) is 5.41 Å². The Labute approximate surface area is 172 Å². The molecule has 0 fully saturated rings. The van der Waals surface area contributed by atoms with Gasteiger partial charge in [0, 0.05) is 5.56 Å². The van der Waals surface area contributed by atoms with Crippen LogP contribution in [0.5, 0.6) is 5.75 Å². The van der Waals surface area contributed by atoms with Gasteiger partial charge in [0.25, 0.3) is 5.91 Å². The number of benzene rings is 2. The van der Waals surface area contributed by atoms with Crippen LogP contribution in [0.15, 0.2) is 53.1 Å². The fourth-order valence-electron chi connectivity index (χ4n) is 3.22. The third-order valence-corrected chi connectivity index (χ3v) is 5.04. The van der Waals surface area contributed by atoms with Crippen LogP contribution in [-0.4, -0.2) is 18.2 Å². The van der Waals surface area contributed by atoms with Crippen molar-refractivity contribution in [2.45, 2.75) is 46.1 Å².